The molecule has 0 atom stereocenters. The second kappa shape index (κ2) is 9.79. The number of rotatable bonds is 4. The van der Waals surface area contributed by atoms with E-state index in [4.69, 9.17) is 9.97 Å². The molecule has 0 radical (unpaired) electrons. The molecule has 0 amide bonds. The summed E-state index contributed by atoms with van der Waals surface area (Å²) >= 11 is 0. The second-order valence-electron chi connectivity index (χ2n) is 11.1. The first kappa shape index (κ1) is 24.6. The highest BCUT2D eigenvalue weighted by atomic mass is 15.1. The molecule has 9 rings (SSSR count). The van der Waals surface area contributed by atoms with E-state index in [9.17, 15) is 0 Å². The molecule has 5 aromatic carbocycles. The maximum absolute atomic E-state index is 5.42. The summed E-state index contributed by atoms with van der Waals surface area (Å²) in [6.07, 6.45) is 0. The number of nitrogens with zero attached hydrogens (tertiary/aromatic N) is 4. The van der Waals surface area contributed by atoms with Crippen molar-refractivity contribution in [1.82, 2.24) is 19.1 Å². The predicted molar refractivity (Wildman–Crippen MR) is 182 cm³/mol. The van der Waals surface area contributed by atoms with Gasteiger partial charge in [0.25, 0.3) is 0 Å². The highest BCUT2D eigenvalue weighted by molar-refractivity contribution is 6.10. The van der Waals surface area contributed by atoms with Crippen LogP contribution in [0.3, 0.4) is 0 Å². The first-order chi connectivity index (χ1) is 21.8. The largest absolute Gasteiger partial charge is 0.294 e. The SMILES string of the molecule is c1ccc(-c2cccc(-n3c4ccccc4c4ccc(-n5c6ccccc6c6ccc(-c7ccccc7)nc65)nc43)c2)cc1. The van der Waals surface area contributed by atoms with Crippen LogP contribution in [-0.4, -0.2) is 19.1 Å². The van der Waals surface area contributed by atoms with E-state index in [1.165, 1.54) is 16.5 Å². The zero-order valence-electron chi connectivity index (χ0n) is 23.8. The number of hydrogen-bond donors (Lipinski definition) is 0. The van der Waals surface area contributed by atoms with Crippen LogP contribution in [-0.2, 0) is 0 Å². The summed E-state index contributed by atoms with van der Waals surface area (Å²) in [5.41, 5.74) is 9.49. The fraction of sp³-hybridized carbons (Fsp3) is 0. The number of pyridine rings is 2. The Morgan fingerprint density at radius 3 is 1.66 bits per heavy atom. The summed E-state index contributed by atoms with van der Waals surface area (Å²) in [6, 6.07) is 55.3. The average molecular weight is 563 g/mol. The molecule has 4 nitrogen and oxygen atoms in total. The standard InChI is InChI=1S/C40H26N4/c1-3-12-27(13-4-1)29-16-11-17-30(26-29)43-36-20-9-7-18-31(36)34-23-25-38(42-40(34)43)44-37-21-10-8-19-32(37)33-22-24-35(41-39(33)44)28-14-5-2-6-15-28/h1-26H. The molecular formula is C40H26N4. The molecule has 0 bridgehead atoms. The van der Waals surface area contributed by atoms with E-state index in [-0.39, 0.29) is 0 Å². The zero-order chi connectivity index (χ0) is 29.0. The van der Waals surface area contributed by atoms with Crippen molar-refractivity contribution < 1.29 is 0 Å². The Balaban J connectivity index is 1.32. The monoisotopic (exact) mass is 562 g/mol. The van der Waals surface area contributed by atoms with E-state index in [0.29, 0.717) is 0 Å². The van der Waals surface area contributed by atoms with E-state index in [1.807, 2.05) is 6.07 Å². The van der Waals surface area contributed by atoms with Crippen molar-refractivity contribution >= 4 is 43.9 Å². The van der Waals surface area contributed by atoms with Gasteiger partial charge in [0.2, 0.25) is 0 Å². The van der Waals surface area contributed by atoms with E-state index in [2.05, 4.69) is 161 Å². The normalized spacial score (nSPS) is 11.6. The highest BCUT2D eigenvalue weighted by Gasteiger charge is 2.19. The summed E-state index contributed by atoms with van der Waals surface area (Å²) in [6.45, 7) is 0. The highest BCUT2D eigenvalue weighted by Crippen LogP contribution is 2.36. The third kappa shape index (κ3) is 3.78. The van der Waals surface area contributed by atoms with Gasteiger partial charge in [-0.25, -0.2) is 9.97 Å². The Morgan fingerprint density at radius 2 is 0.932 bits per heavy atom. The van der Waals surface area contributed by atoms with Crippen LogP contribution >= 0.6 is 0 Å². The van der Waals surface area contributed by atoms with Gasteiger partial charge in [0.15, 0.2) is 0 Å². The molecule has 0 unspecified atom stereocenters. The van der Waals surface area contributed by atoms with Crippen molar-refractivity contribution in [3.8, 4) is 33.9 Å². The average Bonchev–Trinajstić information content (AvgIpc) is 3.61. The maximum Gasteiger partial charge on any atom is 0.148 e. The van der Waals surface area contributed by atoms with Gasteiger partial charge in [-0.05, 0) is 59.7 Å². The molecule has 0 N–H and O–H groups in total. The summed E-state index contributed by atoms with van der Waals surface area (Å²) in [5, 5.41) is 4.57. The van der Waals surface area contributed by atoms with E-state index in [0.717, 1.165) is 61.2 Å². The van der Waals surface area contributed by atoms with Crippen molar-refractivity contribution in [2.24, 2.45) is 0 Å². The lowest BCUT2D eigenvalue weighted by atomic mass is 10.1. The molecule has 0 saturated heterocycles. The molecule has 0 fully saturated rings. The third-order valence-corrected chi connectivity index (χ3v) is 8.54. The molecular weight excluding hydrogens is 536 g/mol. The molecule has 0 aliphatic carbocycles. The van der Waals surface area contributed by atoms with Crippen molar-refractivity contribution in [1.29, 1.82) is 0 Å². The van der Waals surface area contributed by atoms with Gasteiger partial charge in [0, 0.05) is 32.8 Å². The summed E-state index contributed by atoms with van der Waals surface area (Å²) in [5.74, 6) is 0.838. The predicted octanol–water partition coefficient (Wildman–Crippen LogP) is 10.0. The number of hydrogen-bond acceptors (Lipinski definition) is 2. The minimum absolute atomic E-state index is 0.838. The Morgan fingerprint density at radius 1 is 0.364 bits per heavy atom. The molecule has 206 valence electrons. The van der Waals surface area contributed by atoms with Gasteiger partial charge < -0.3 is 0 Å². The lowest BCUT2D eigenvalue weighted by Gasteiger charge is -2.11. The van der Waals surface area contributed by atoms with Crippen LogP contribution in [0.5, 0.6) is 0 Å². The van der Waals surface area contributed by atoms with Gasteiger partial charge in [-0.1, -0.05) is 109 Å². The quantitative estimate of drug-likeness (QED) is 0.214. The molecule has 0 aliphatic heterocycles. The fourth-order valence-electron chi connectivity index (χ4n) is 6.51. The van der Waals surface area contributed by atoms with Crippen molar-refractivity contribution in [3.05, 3.63) is 158 Å². The molecule has 4 heterocycles. The van der Waals surface area contributed by atoms with E-state index in [1.54, 1.807) is 0 Å². The van der Waals surface area contributed by atoms with Crippen LogP contribution in [0, 0.1) is 0 Å². The van der Waals surface area contributed by atoms with Gasteiger partial charge in [-0.3, -0.25) is 9.13 Å². The number of aromatic nitrogens is 4. The molecule has 44 heavy (non-hydrogen) atoms. The van der Waals surface area contributed by atoms with Crippen LogP contribution < -0.4 is 0 Å². The zero-order valence-corrected chi connectivity index (χ0v) is 23.8. The summed E-state index contributed by atoms with van der Waals surface area (Å²) in [7, 11) is 0. The minimum Gasteiger partial charge on any atom is -0.294 e. The molecule has 0 aliphatic rings. The molecule has 4 heteroatoms. The second-order valence-corrected chi connectivity index (χ2v) is 11.1. The van der Waals surface area contributed by atoms with Crippen LogP contribution in [0.1, 0.15) is 0 Å². The lowest BCUT2D eigenvalue weighted by Crippen LogP contribution is -2.02. The number of para-hydroxylation sites is 2. The van der Waals surface area contributed by atoms with Gasteiger partial charge in [0.1, 0.15) is 17.1 Å². The topological polar surface area (TPSA) is 35.6 Å². The van der Waals surface area contributed by atoms with Crippen molar-refractivity contribution in [2.75, 3.05) is 0 Å². The van der Waals surface area contributed by atoms with Crippen LogP contribution in [0.25, 0.3) is 77.8 Å². The van der Waals surface area contributed by atoms with E-state index >= 15 is 0 Å². The van der Waals surface area contributed by atoms with Gasteiger partial charge in [-0.15, -0.1) is 0 Å². The molecule has 4 aromatic heterocycles. The van der Waals surface area contributed by atoms with Gasteiger partial charge >= 0.3 is 0 Å². The summed E-state index contributed by atoms with van der Waals surface area (Å²) in [4.78, 5) is 10.6. The first-order valence-electron chi connectivity index (χ1n) is 14.9. The Hall–Kier alpha value is -6.00. The molecule has 0 spiro atoms. The smallest absolute Gasteiger partial charge is 0.148 e. The Kier molecular flexibility index (Phi) is 5.47. The van der Waals surface area contributed by atoms with Crippen LogP contribution in [0.2, 0.25) is 0 Å². The molecule has 0 saturated carbocycles. The first-order valence-corrected chi connectivity index (χ1v) is 14.9. The van der Waals surface area contributed by atoms with E-state index < -0.39 is 0 Å². The summed E-state index contributed by atoms with van der Waals surface area (Å²) < 4.78 is 4.50. The van der Waals surface area contributed by atoms with Gasteiger partial charge in [-0.2, -0.15) is 0 Å². The molecule has 9 aromatic rings. The third-order valence-electron chi connectivity index (χ3n) is 8.54. The fourth-order valence-corrected chi connectivity index (χ4v) is 6.51. The van der Waals surface area contributed by atoms with Crippen molar-refractivity contribution in [2.45, 2.75) is 0 Å². The Labute approximate surface area is 254 Å². The number of fused-ring (bicyclic) bond motifs is 6. The Bertz CT molecular complexity index is 2490. The minimum atomic E-state index is 0.838. The number of benzene rings is 5. The van der Waals surface area contributed by atoms with Gasteiger partial charge in [0.05, 0.1) is 16.7 Å². The lowest BCUT2D eigenvalue weighted by molar-refractivity contribution is 1.05. The van der Waals surface area contributed by atoms with Crippen molar-refractivity contribution in [3.63, 3.8) is 0 Å². The maximum atomic E-state index is 5.42. The van der Waals surface area contributed by atoms with Crippen LogP contribution in [0.15, 0.2) is 158 Å². The van der Waals surface area contributed by atoms with Crippen LogP contribution in [0.4, 0.5) is 0 Å².